The molecule has 0 atom stereocenters. The van der Waals surface area contributed by atoms with E-state index in [1.807, 2.05) is 12.1 Å². The summed E-state index contributed by atoms with van der Waals surface area (Å²) in [5, 5.41) is 27.7. The van der Waals surface area contributed by atoms with Crippen molar-refractivity contribution < 1.29 is 19.0 Å². The van der Waals surface area contributed by atoms with E-state index in [9.17, 15) is 19.6 Å². The van der Waals surface area contributed by atoms with Gasteiger partial charge in [-0.25, -0.2) is 4.39 Å². The average Bonchev–Trinajstić information content (AvgIpc) is 2.80. The summed E-state index contributed by atoms with van der Waals surface area (Å²) < 4.78 is 25.4. The summed E-state index contributed by atoms with van der Waals surface area (Å²) in [4.78, 5) is 13.0. The maximum atomic E-state index is 13.9. The standard InChI is InChI=1S/C23H21FN4O4/c1-14-16(13-25)22(29)28(11-10-15-8-9-19(31-2)20(12-15)32-3)23(30)21(14)27-26-18-7-5-4-6-17(18)24/h4-9,12,29H,10-11H2,1-3H3. The van der Waals surface area contributed by atoms with E-state index in [1.165, 1.54) is 39.3 Å². The number of benzene rings is 2. The Bertz CT molecular complexity index is 1280. The van der Waals surface area contributed by atoms with Gasteiger partial charge in [0.05, 0.1) is 14.2 Å². The molecule has 8 nitrogen and oxygen atoms in total. The first-order chi connectivity index (χ1) is 15.4. The van der Waals surface area contributed by atoms with Gasteiger partial charge in [0.1, 0.15) is 17.3 Å². The van der Waals surface area contributed by atoms with Gasteiger partial charge in [0, 0.05) is 12.1 Å². The molecule has 3 rings (SSSR count). The van der Waals surface area contributed by atoms with E-state index in [-0.39, 0.29) is 29.0 Å². The zero-order chi connectivity index (χ0) is 23.3. The van der Waals surface area contributed by atoms with Crippen LogP contribution in [0.2, 0.25) is 0 Å². The van der Waals surface area contributed by atoms with Crippen LogP contribution in [0.1, 0.15) is 16.7 Å². The number of aromatic hydroxyl groups is 1. The van der Waals surface area contributed by atoms with Crippen molar-refractivity contribution in [2.45, 2.75) is 19.9 Å². The summed E-state index contributed by atoms with van der Waals surface area (Å²) in [5.74, 6) is 0.0408. The second kappa shape index (κ2) is 9.75. The number of halogens is 1. The van der Waals surface area contributed by atoms with Crippen LogP contribution in [0.3, 0.4) is 0 Å². The molecule has 0 aliphatic heterocycles. The van der Waals surface area contributed by atoms with Gasteiger partial charge in [-0.3, -0.25) is 9.36 Å². The lowest BCUT2D eigenvalue weighted by atomic mass is 10.1. The Hall–Kier alpha value is -4.19. The van der Waals surface area contributed by atoms with Gasteiger partial charge >= 0.3 is 0 Å². The Morgan fingerprint density at radius 2 is 1.84 bits per heavy atom. The minimum atomic E-state index is -0.639. The summed E-state index contributed by atoms with van der Waals surface area (Å²) in [5.41, 5.74) is 0.0589. The normalized spacial score (nSPS) is 10.8. The molecular weight excluding hydrogens is 415 g/mol. The van der Waals surface area contributed by atoms with Gasteiger partial charge in [-0.15, -0.1) is 10.2 Å². The van der Waals surface area contributed by atoms with E-state index in [1.54, 1.807) is 18.2 Å². The van der Waals surface area contributed by atoms with Gasteiger partial charge in [-0.1, -0.05) is 18.2 Å². The fraction of sp³-hybridized carbons (Fsp3) is 0.217. The molecule has 1 N–H and O–H groups in total. The molecule has 0 bridgehead atoms. The fourth-order valence-corrected chi connectivity index (χ4v) is 3.18. The van der Waals surface area contributed by atoms with Crippen LogP contribution in [-0.4, -0.2) is 23.9 Å². The Labute approximate surface area is 183 Å². The van der Waals surface area contributed by atoms with Crippen molar-refractivity contribution in [2.24, 2.45) is 10.2 Å². The molecule has 1 aromatic heterocycles. The smallest absolute Gasteiger partial charge is 0.281 e. The van der Waals surface area contributed by atoms with Gasteiger partial charge in [0.25, 0.3) is 5.56 Å². The summed E-state index contributed by atoms with van der Waals surface area (Å²) in [7, 11) is 3.05. The molecule has 32 heavy (non-hydrogen) atoms. The highest BCUT2D eigenvalue weighted by Gasteiger charge is 2.19. The van der Waals surface area contributed by atoms with Gasteiger partial charge < -0.3 is 14.6 Å². The first-order valence-corrected chi connectivity index (χ1v) is 9.64. The first-order valence-electron chi connectivity index (χ1n) is 9.64. The van der Waals surface area contributed by atoms with Crippen molar-refractivity contribution in [3.8, 4) is 23.4 Å². The second-order valence-electron chi connectivity index (χ2n) is 6.83. The number of hydrogen-bond acceptors (Lipinski definition) is 7. The molecule has 3 aromatic rings. The molecule has 0 amide bonds. The largest absolute Gasteiger partial charge is 0.493 e. The maximum Gasteiger partial charge on any atom is 0.281 e. The van der Waals surface area contributed by atoms with Crippen molar-refractivity contribution in [1.29, 1.82) is 5.26 Å². The topological polar surface area (TPSA) is 109 Å². The van der Waals surface area contributed by atoms with Crippen LogP contribution < -0.4 is 15.0 Å². The molecule has 0 spiro atoms. The molecule has 0 radical (unpaired) electrons. The van der Waals surface area contributed by atoms with Crippen molar-refractivity contribution in [3.63, 3.8) is 0 Å². The molecule has 0 saturated carbocycles. The lowest BCUT2D eigenvalue weighted by molar-refractivity contribution is 0.354. The van der Waals surface area contributed by atoms with Crippen LogP contribution in [0.15, 0.2) is 57.5 Å². The summed E-state index contributed by atoms with van der Waals surface area (Å²) in [6, 6.07) is 12.9. The van der Waals surface area contributed by atoms with Crippen LogP contribution in [0, 0.1) is 24.1 Å². The zero-order valence-corrected chi connectivity index (χ0v) is 17.8. The minimum Gasteiger partial charge on any atom is -0.493 e. The van der Waals surface area contributed by atoms with Crippen LogP contribution >= 0.6 is 0 Å². The fourth-order valence-electron chi connectivity index (χ4n) is 3.18. The van der Waals surface area contributed by atoms with E-state index >= 15 is 0 Å². The SMILES string of the molecule is COc1ccc(CCn2c(O)c(C#N)c(C)c(N=Nc3ccccc3F)c2=O)cc1OC. The summed E-state index contributed by atoms with van der Waals surface area (Å²) in [6.45, 7) is 1.55. The van der Waals surface area contributed by atoms with Gasteiger partial charge in [0.2, 0.25) is 5.88 Å². The molecular formula is C23H21FN4O4. The molecule has 0 saturated heterocycles. The molecule has 0 unspecified atom stereocenters. The quantitative estimate of drug-likeness (QED) is 0.547. The predicted molar refractivity (Wildman–Crippen MR) is 116 cm³/mol. The van der Waals surface area contributed by atoms with Crippen LogP contribution in [0.4, 0.5) is 15.8 Å². The van der Waals surface area contributed by atoms with Crippen LogP contribution in [0.25, 0.3) is 0 Å². The van der Waals surface area contributed by atoms with E-state index in [4.69, 9.17) is 9.47 Å². The maximum absolute atomic E-state index is 13.9. The Balaban J connectivity index is 2.00. The molecule has 0 fully saturated rings. The highest BCUT2D eigenvalue weighted by atomic mass is 19.1. The number of ether oxygens (including phenoxy) is 2. The predicted octanol–water partition coefficient (Wildman–Crippen LogP) is 4.55. The molecule has 1 heterocycles. The number of rotatable bonds is 7. The monoisotopic (exact) mass is 436 g/mol. The molecule has 0 aliphatic carbocycles. The van der Waals surface area contributed by atoms with Crippen molar-refractivity contribution >= 4 is 11.4 Å². The number of aryl methyl sites for hydroxylation is 1. The minimum absolute atomic E-state index is 0.0465. The Kier molecular flexibility index (Phi) is 6.85. The Morgan fingerprint density at radius 1 is 1.12 bits per heavy atom. The second-order valence-corrected chi connectivity index (χ2v) is 6.83. The zero-order valence-electron chi connectivity index (χ0n) is 17.8. The van der Waals surface area contributed by atoms with Crippen LogP contribution in [0.5, 0.6) is 17.4 Å². The molecule has 9 heteroatoms. The van der Waals surface area contributed by atoms with Gasteiger partial charge in [-0.05, 0) is 43.2 Å². The third-order valence-corrected chi connectivity index (χ3v) is 4.95. The lowest BCUT2D eigenvalue weighted by Gasteiger charge is -2.14. The number of methoxy groups -OCH3 is 2. The first kappa shape index (κ1) is 22.5. The highest BCUT2D eigenvalue weighted by Crippen LogP contribution is 2.30. The highest BCUT2D eigenvalue weighted by molar-refractivity contribution is 5.57. The average molecular weight is 436 g/mol. The number of hydrogen-bond donors (Lipinski definition) is 1. The molecule has 0 aliphatic rings. The van der Waals surface area contributed by atoms with Gasteiger partial charge in [0.15, 0.2) is 23.0 Å². The molecule has 2 aromatic carbocycles. The van der Waals surface area contributed by atoms with E-state index in [0.29, 0.717) is 17.9 Å². The molecule has 164 valence electrons. The number of pyridine rings is 1. The number of nitriles is 1. The summed E-state index contributed by atoms with van der Waals surface area (Å²) >= 11 is 0. The van der Waals surface area contributed by atoms with Crippen LogP contribution in [-0.2, 0) is 13.0 Å². The van der Waals surface area contributed by atoms with E-state index in [0.717, 1.165) is 10.1 Å². The van der Waals surface area contributed by atoms with Crippen molar-refractivity contribution in [3.05, 3.63) is 75.3 Å². The van der Waals surface area contributed by atoms with Crippen molar-refractivity contribution in [1.82, 2.24) is 4.57 Å². The summed E-state index contributed by atoms with van der Waals surface area (Å²) in [6.07, 6.45) is 0.353. The lowest BCUT2D eigenvalue weighted by Crippen LogP contribution is -2.23. The Morgan fingerprint density at radius 3 is 2.50 bits per heavy atom. The van der Waals surface area contributed by atoms with Crippen molar-refractivity contribution in [2.75, 3.05) is 14.2 Å². The number of aromatic nitrogens is 1. The van der Waals surface area contributed by atoms with Gasteiger partial charge in [-0.2, -0.15) is 5.26 Å². The number of azo groups is 1. The number of nitrogens with zero attached hydrogens (tertiary/aromatic N) is 4. The third-order valence-electron chi connectivity index (χ3n) is 4.95. The van der Waals surface area contributed by atoms with E-state index in [2.05, 4.69) is 10.2 Å². The third kappa shape index (κ3) is 4.44. The van der Waals surface area contributed by atoms with E-state index < -0.39 is 17.3 Å².